The maximum absolute atomic E-state index is 4.51. The van der Waals surface area contributed by atoms with E-state index in [-0.39, 0.29) is 0 Å². The lowest BCUT2D eigenvalue weighted by Crippen LogP contribution is -2.33. The average Bonchev–Trinajstić information content (AvgIpc) is 2.29. The van der Waals surface area contributed by atoms with E-state index in [9.17, 15) is 0 Å². The molecule has 2 rings (SSSR count). The molecule has 0 bridgehead atoms. The van der Waals surface area contributed by atoms with Crippen LogP contribution in [0.3, 0.4) is 0 Å². The van der Waals surface area contributed by atoms with Gasteiger partial charge in [-0.3, -0.25) is 9.97 Å². The Morgan fingerprint density at radius 1 is 1.56 bits per heavy atom. The Balaban J connectivity index is 1.99. The fraction of sp³-hybridized carbons (Fsp3) is 0.538. The van der Waals surface area contributed by atoms with Crippen molar-refractivity contribution in [2.45, 2.75) is 19.3 Å². The third-order valence-electron chi connectivity index (χ3n) is 3.13. The summed E-state index contributed by atoms with van der Waals surface area (Å²) in [7, 11) is 2.19. The van der Waals surface area contributed by atoms with E-state index in [2.05, 4.69) is 28.5 Å². The lowest BCUT2D eigenvalue weighted by Gasteiger charge is -2.29. The third kappa shape index (κ3) is 2.89. The van der Waals surface area contributed by atoms with E-state index in [4.69, 9.17) is 0 Å². The largest absolute Gasteiger partial charge is 0.306 e. The molecule has 1 unspecified atom stereocenters. The molecule has 86 valence electrons. The Kier molecular flexibility index (Phi) is 3.67. The number of likely N-dealkylation sites (tertiary alicyclic amines) is 1. The van der Waals surface area contributed by atoms with Crippen molar-refractivity contribution >= 4 is 6.08 Å². The summed E-state index contributed by atoms with van der Waals surface area (Å²) >= 11 is 0. The van der Waals surface area contributed by atoms with Crippen molar-refractivity contribution < 1.29 is 0 Å². The zero-order chi connectivity index (χ0) is 11.4. The lowest BCUT2D eigenvalue weighted by atomic mass is 9.94. The van der Waals surface area contributed by atoms with Gasteiger partial charge in [-0.15, -0.1) is 0 Å². The molecule has 1 aromatic heterocycles. The molecule has 16 heavy (non-hydrogen) atoms. The first-order valence-electron chi connectivity index (χ1n) is 5.90. The molecule has 0 radical (unpaired) electrons. The monoisotopic (exact) mass is 217 g/mol. The van der Waals surface area contributed by atoms with E-state index >= 15 is 0 Å². The first-order chi connectivity index (χ1) is 7.78. The van der Waals surface area contributed by atoms with Gasteiger partial charge in [0.1, 0.15) is 0 Å². The number of hydrogen-bond donors (Lipinski definition) is 0. The number of piperidine rings is 1. The maximum Gasteiger partial charge on any atom is 0.0810 e. The molecule has 0 aliphatic carbocycles. The molecule has 1 aliphatic rings. The average molecular weight is 217 g/mol. The zero-order valence-electron chi connectivity index (χ0n) is 9.89. The topological polar surface area (TPSA) is 29.0 Å². The molecule has 3 nitrogen and oxygen atoms in total. The summed E-state index contributed by atoms with van der Waals surface area (Å²) in [6.45, 7) is 6.13. The molecule has 0 amide bonds. The summed E-state index contributed by atoms with van der Waals surface area (Å²) in [5.41, 5.74) is 1.97. The molecule has 2 heterocycles. The highest BCUT2D eigenvalue weighted by Crippen LogP contribution is 2.18. The molecule has 1 atom stereocenters. The first kappa shape index (κ1) is 11.3. The van der Waals surface area contributed by atoms with Crippen LogP contribution < -0.4 is 0 Å². The molecule has 1 aromatic rings. The van der Waals surface area contributed by atoms with E-state index in [1.54, 1.807) is 12.3 Å². The summed E-state index contributed by atoms with van der Waals surface area (Å²) in [5.74, 6) is 0.730. The molecule has 0 spiro atoms. The third-order valence-corrected chi connectivity index (χ3v) is 3.13. The number of rotatable bonds is 3. The van der Waals surface area contributed by atoms with Gasteiger partial charge in [0.2, 0.25) is 0 Å². The van der Waals surface area contributed by atoms with Crippen LogP contribution in [0.2, 0.25) is 0 Å². The van der Waals surface area contributed by atoms with Crippen LogP contribution in [-0.2, 0) is 6.42 Å². The normalized spacial score (nSPS) is 21.9. The summed E-state index contributed by atoms with van der Waals surface area (Å²) in [6.07, 6.45) is 9.04. The van der Waals surface area contributed by atoms with Gasteiger partial charge in [-0.1, -0.05) is 6.58 Å². The standard InChI is InChI=1S/C13H19N3/c1-3-12-8-14-9-13(15-12)7-11-5-4-6-16(2)10-11/h3,8-9,11H,1,4-7,10H2,2H3. The zero-order valence-corrected chi connectivity index (χ0v) is 9.89. The summed E-state index contributed by atoms with van der Waals surface area (Å²) in [4.78, 5) is 11.1. The first-order valence-corrected chi connectivity index (χ1v) is 5.90. The van der Waals surface area contributed by atoms with Crippen LogP contribution in [0.25, 0.3) is 6.08 Å². The molecule has 0 aromatic carbocycles. The Morgan fingerprint density at radius 2 is 2.44 bits per heavy atom. The SMILES string of the molecule is C=Cc1cncc(CC2CCCN(C)C2)n1. The van der Waals surface area contributed by atoms with Gasteiger partial charge in [0.05, 0.1) is 17.6 Å². The van der Waals surface area contributed by atoms with E-state index in [0.29, 0.717) is 0 Å². The van der Waals surface area contributed by atoms with Crippen molar-refractivity contribution in [2.24, 2.45) is 5.92 Å². The van der Waals surface area contributed by atoms with Gasteiger partial charge in [-0.25, -0.2) is 0 Å². The van der Waals surface area contributed by atoms with Gasteiger partial charge in [0.25, 0.3) is 0 Å². The highest BCUT2D eigenvalue weighted by Gasteiger charge is 2.17. The second-order valence-corrected chi connectivity index (χ2v) is 4.61. The minimum atomic E-state index is 0.730. The highest BCUT2D eigenvalue weighted by molar-refractivity contribution is 5.39. The summed E-state index contributed by atoms with van der Waals surface area (Å²) in [5, 5.41) is 0. The molecule has 1 aliphatic heterocycles. The molecule has 3 heteroatoms. The minimum absolute atomic E-state index is 0.730. The second kappa shape index (κ2) is 5.21. The summed E-state index contributed by atoms with van der Waals surface area (Å²) < 4.78 is 0. The Bertz CT molecular complexity index is 362. The van der Waals surface area contributed by atoms with Crippen molar-refractivity contribution in [3.63, 3.8) is 0 Å². The van der Waals surface area contributed by atoms with E-state index in [1.807, 2.05) is 6.20 Å². The lowest BCUT2D eigenvalue weighted by molar-refractivity contribution is 0.208. The number of aromatic nitrogens is 2. The predicted octanol–water partition coefficient (Wildman–Crippen LogP) is 2.00. The van der Waals surface area contributed by atoms with Gasteiger partial charge in [0.15, 0.2) is 0 Å². The quantitative estimate of drug-likeness (QED) is 0.775. The second-order valence-electron chi connectivity index (χ2n) is 4.61. The van der Waals surface area contributed by atoms with Crippen LogP contribution >= 0.6 is 0 Å². The smallest absolute Gasteiger partial charge is 0.0810 e. The van der Waals surface area contributed by atoms with E-state index in [0.717, 1.165) is 23.7 Å². The van der Waals surface area contributed by atoms with Crippen LogP contribution in [0.1, 0.15) is 24.2 Å². The van der Waals surface area contributed by atoms with Crippen LogP contribution in [0, 0.1) is 5.92 Å². The van der Waals surface area contributed by atoms with Crippen LogP contribution in [0.5, 0.6) is 0 Å². The fourth-order valence-corrected chi connectivity index (χ4v) is 2.36. The molecule has 0 N–H and O–H groups in total. The highest BCUT2D eigenvalue weighted by atomic mass is 15.1. The Hall–Kier alpha value is -1.22. The van der Waals surface area contributed by atoms with Gasteiger partial charge in [0, 0.05) is 12.7 Å². The van der Waals surface area contributed by atoms with Crippen LogP contribution in [0.4, 0.5) is 0 Å². The Morgan fingerprint density at radius 3 is 3.19 bits per heavy atom. The molecule has 1 saturated heterocycles. The van der Waals surface area contributed by atoms with Crippen molar-refractivity contribution in [3.05, 3.63) is 30.4 Å². The molecular formula is C13H19N3. The molecule has 0 saturated carbocycles. The van der Waals surface area contributed by atoms with E-state index < -0.39 is 0 Å². The predicted molar refractivity (Wildman–Crippen MR) is 66.0 cm³/mol. The fourth-order valence-electron chi connectivity index (χ4n) is 2.36. The maximum atomic E-state index is 4.51. The van der Waals surface area contributed by atoms with Gasteiger partial charge in [-0.05, 0) is 44.8 Å². The van der Waals surface area contributed by atoms with Crippen molar-refractivity contribution in [1.82, 2.24) is 14.9 Å². The van der Waals surface area contributed by atoms with Crippen LogP contribution in [-0.4, -0.2) is 35.0 Å². The molecular weight excluding hydrogens is 198 g/mol. The number of nitrogens with zero attached hydrogens (tertiary/aromatic N) is 3. The summed E-state index contributed by atoms with van der Waals surface area (Å²) in [6, 6.07) is 0. The van der Waals surface area contributed by atoms with Gasteiger partial charge in [-0.2, -0.15) is 0 Å². The minimum Gasteiger partial charge on any atom is -0.306 e. The van der Waals surface area contributed by atoms with E-state index in [1.165, 1.54) is 25.9 Å². The van der Waals surface area contributed by atoms with Gasteiger partial charge >= 0.3 is 0 Å². The van der Waals surface area contributed by atoms with Crippen molar-refractivity contribution in [1.29, 1.82) is 0 Å². The molecule has 1 fully saturated rings. The van der Waals surface area contributed by atoms with Crippen molar-refractivity contribution in [2.75, 3.05) is 20.1 Å². The number of hydrogen-bond acceptors (Lipinski definition) is 3. The Labute approximate surface area is 97.2 Å². The van der Waals surface area contributed by atoms with Gasteiger partial charge < -0.3 is 4.90 Å². The van der Waals surface area contributed by atoms with Crippen molar-refractivity contribution in [3.8, 4) is 0 Å². The van der Waals surface area contributed by atoms with Crippen LogP contribution in [0.15, 0.2) is 19.0 Å².